The van der Waals surface area contributed by atoms with Crippen LogP contribution in [0.1, 0.15) is 22.7 Å². The van der Waals surface area contributed by atoms with Crippen LogP contribution in [0, 0.1) is 0 Å². The molecule has 82 valence electrons. The van der Waals surface area contributed by atoms with E-state index in [1.54, 1.807) is 6.07 Å². The van der Waals surface area contributed by atoms with E-state index in [1.807, 2.05) is 0 Å². The van der Waals surface area contributed by atoms with E-state index in [9.17, 15) is 4.79 Å². The first-order chi connectivity index (χ1) is 7.25. The Hall–Kier alpha value is -1.33. The Morgan fingerprint density at radius 3 is 3.07 bits per heavy atom. The summed E-state index contributed by atoms with van der Waals surface area (Å²) in [5.41, 5.74) is 0. The van der Waals surface area contributed by atoms with E-state index in [4.69, 9.17) is 14.3 Å². The van der Waals surface area contributed by atoms with Gasteiger partial charge < -0.3 is 19.6 Å². The van der Waals surface area contributed by atoms with Gasteiger partial charge >= 0.3 is 5.97 Å². The fourth-order valence-corrected chi connectivity index (χ4v) is 1.53. The van der Waals surface area contributed by atoms with E-state index in [2.05, 4.69) is 5.32 Å². The van der Waals surface area contributed by atoms with Gasteiger partial charge in [-0.25, -0.2) is 4.79 Å². The molecule has 1 atom stereocenters. The number of carboxylic acids is 1. The molecule has 0 amide bonds. The third-order valence-corrected chi connectivity index (χ3v) is 2.37. The van der Waals surface area contributed by atoms with Gasteiger partial charge in [-0.2, -0.15) is 0 Å². The lowest BCUT2D eigenvalue weighted by Gasteiger charge is -2.07. The first-order valence-corrected chi connectivity index (χ1v) is 4.89. The van der Waals surface area contributed by atoms with Crippen LogP contribution in [0.2, 0.25) is 0 Å². The Morgan fingerprint density at radius 2 is 2.47 bits per heavy atom. The highest BCUT2D eigenvalue weighted by Crippen LogP contribution is 2.09. The van der Waals surface area contributed by atoms with Crippen molar-refractivity contribution in [2.24, 2.45) is 0 Å². The number of ether oxygens (including phenoxy) is 1. The zero-order chi connectivity index (χ0) is 10.7. The predicted molar refractivity (Wildman–Crippen MR) is 51.7 cm³/mol. The molecule has 1 aliphatic heterocycles. The van der Waals surface area contributed by atoms with Gasteiger partial charge in [-0.15, -0.1) is 0 Å². The van der Waals surface area contributed by atoms with Crippen molar-refractivity contribution in [1.82, 2.24) is 5.32 Å². The Kier molecular flexibility index (Phi) is 3.03. The molecule has 1 unspecified atom stereocenters. The van der Waals surface area contributed by atoms with Crippen molar-refractivity contribution in [1.29, 1.82) is 0 Å². The maximum Gasteiger partial charge on any atom is 0.371 e. The molecule has 1 fully saturated rings. The molecule has 1 aliphatic rings. The van der Waals surface area contributed by atoms with Gasteiger partial charge in [0.05, 0.1) is 13.2 Å². The minimum Gasteiger partial charge on any atom is -0.475 e. The number of aromatic carboxylic acids is 1. The molecule has 5 heteroatoms. The first-order valence-electron chi connectivity index (χ1n) is 4.89. The highest BCUT2D eigenvalue weighted by atomic mass is 16.5. The third kappa shape index (κ3) is 2.57. The van der Waals surface area contributed by atoms with Crippen LogP contribution < -0.4 is 5.32 Å². The van der Waals surface area contributed by atoms with Crippen LogP contribution >= 0.6 is 0 Å². The van der Waals surface area contributed by atoms with Gasteiger partial charge in [0.15, 0.2) is 0 Å². The quantitative estimate of drug-likeness (QED) is 0.772. The van der Waals surface area contributed by atoms with E-state index in [0.29, 0.717) is 25.0 Å². The topological polar surface area (TPSA) is 71.7 Å². The van der Waals surface area contributed by atoms with E-state index < -0.39 is 5.97 Å². The Morgan fingerprint density at radius 1 is 1.60 bits per heavy atom. The molecule has 5 nitrogen and oxygen atoms in total. The molecule has 15 heavy (non-hydrogen) atoms. The lowest BCUT2D eigenvalue weighted by atomic mass is 10.2. The second-order valence-corrected chi connectivity index (χ2v) is 3.51. The second-order valence-electron chi connectivity index (χ2n) is 3.51. The summed E-state index contributed by atoms with van der Waals surface area (Å²) in [6, 6.07) is 3.49. The molecular weight excluding hydrogens is 198 g/mol. The van der Waals surface area contributed by atoms with Crippen LogP contribution in [-0.4, -0.2) is 30.3 Å². The molecule has 1 aromatic rings. The van der Waals surface area contributed by atoms with Crippen molar-refractivity contribution in [2.45, 2.75) is 19.0 Å². The number of furan rings is 1. The summed E-state index contributed by atoms with van der Waals surface area (Å²) in [6.45, 7) is 2.05. The maximum absolute atomic E-state index is 10.5. The lowest BCUT2D eigenvalue weighted by Crippen LogP contribution is -2.28. The maximum atomic E-state index is 10.5. The predicted octanol–water partition coefficient (Wildman–Crippen LogP) is 0.856. The first kappa shape index (κ1) is 10.2. The molecule has 0 aliphatic carbocycles. The van der Waals surface area contributed by atoms with Crippen molar-refractivity contribution in [3.8, 4) is 0 Å². The summed E-state index contributed by atoms with van der Waals surface area (Å²) in [5, 5.41) is 11.9. The minimum atomic E-state index is -1.04. The lowest BCUT2D eigenvalue weighted by molar-refractivity contribution is 0.0660. The van der Waals surface area contributed by atoms with E-state index in [0.717, 1.165) is 13.0 Å². The molecule has 2 heterocycles. The highest BCUT2D eigenvalue weighted by Gasteiger charge is 2.15. The average molecular weight is 211 g/mol. The molecule has 0 bridgehead atoms. The second kappa shape index (κ2) is 4.46. The van der Waals surface area contributed by atoms with Crippen molar-refractivity contribution < 1.29 is 19.1 Å². The number of hydrogen-bond donors (Lipinski definition) is 2. The molecule has 0 radical (unpaired) electrons. The van der Waals surface area contributed by atoms with Gasteiger partial charge in [-0.05, 0) is 18.6 Å². The molecule has 1 saturated heterocycles. The summed E-state index contributed by atoms with van der Waals surface area (Å²) in [4.78, 5) is 10.5. The van der Waals surface area contributed by atoms with Crippen molar-refractivity contribution in [3.63, 3.8) is 0 Å². The highest BCUT2D eigenvalue weighted by molar-refractivity contribution is 5.84. The number of rotatable bonds is 4. The van der Waals surface area contributed by atoms with Crippen molar-refractivity contribution in [3.05, 3.63) is 23.7 Å². The van der Waals surface area contributed by atoms with Crippen LogP contribution in [0.4, 0.5) is 0 Å². The van der Waals surface area contributed by atoms with Crippen LogP contribution in [0.5, 0.6) is 0 Å². The molecule has 2 N–H and O–H groups in total. The summed E-state index contributed by atoms with van der Waals surface area (Å²) in [5.74, 6) is -0.417. The monoisotopic (exact) mass is 211 g/mol. The number of carboxylic acid groups (broad SMARTS) is 1. The normalized spacial score (nSPS) is 20.7. The van der Waals surface area contributed by atoms with Gasteiger partial charge in [-0.3, -0.25) is 0 Å². The summed E-state index contributed by atoms with van der Waals surface area (Å²) in [6.07, 6.45) is 0.993. The molecule has 2 rings (SSSR count). The van der Waals surface area contributed by atoms with Crippen LogP contribution in [0.15, 0.2) is 16.5 Å². The van der Waals surface area contributed by atoms with Crippen LogP contribution in [0.3, 0.4) is 0 Å². The smallest absolute Gasteiger partial charge is 0.371 e. The largest absolute Gasteiger partial charge is 0.475 e. The molecule has 0 saturated carbocycles. The number of nitrogens with one attached hydrogen (secondary N) is 1. The number of carbonyl (C=O) groups is 1. The molecule has 0 spiro atoms. The van der Waals surface area contributed by atoms with E-state index >= 15 is 0 Å². The van der Waals surface area contributed by atoms with Crippen molar-refractivity contribution >= 4 is 5.97 Å². The van der Waals surface area contributed by atoms with Crippen molar-refractivity contribution in [2.75, 3.05) is 13.2 Å². The zero-order valence-electron chi connectivity index (χ0n) is 8.23. The fourth-order valence-electron chi connectivity index (χ4n) is 1.53. The zero-order valence-corrected chi connectivity index (χ0v) is 8.23. The molecule has 0 aromatic carbocycles. The third-order valence-electron chi connectivity index (χ3n) is 2.37. The van der Waals surface area contributed by atoms with E-state index in [1.165, 1.54) is 6.07 Å². The van der Waals surface area contributed by atoms with Crippen LogP contribution in [-0.2, 0) is 11.3 Å². The summed E-state index contributed by atoms with van der Waals surface area (Å²) in [7, 11) is 0. The van der Waals surface area contributed by atoms with Gasteiger partial charge in [0.1, 0.15) is 5.76 Å². The van der Waals surface area contributed by atoms with Gasteiger partial charge in [0, 0.05) is 12.6 Å². The Bertz CT molecular complexity index is 341. The minimum absolute atomic E-state index is 0.0190. The summed E-state index contributed by atoms with van der Waals surface area (Å²) >= 11 is 0. The Balaban J connectivity index is 1.84. The SMILES string of the molecule is O=C(O)c1ccc(CNC2CCOC2)o1. The van der Waals surface area contributed by atoms with Gasteiger partial charge in [-0.1, -0.05) is 0 Å². The molecular formula is C10H13NO4. The van der Waals surface area contributed by atoms with Gasteiger partial charge in [0.2, 0.25) is 5.76 Å². The fraction of sp³-hybridized carbons (Fsp3) is 0.500. The Labute approximate surface area is 87.0 Å². The standard InChI is InChI=1S/C10H13NO4/c12-10(13)9-2-1-8(15-9)5-11-7-3-4-14-6-7/h1-2,7,11H,3-6H2,(H,12,13). The van der Waals surface area contributed by atoms with Crippen LogP contribution in [0.25, 0.3) is 0 Å². The molecule has 1 aromatic heterocycles. The summed E-state index contributed by atoms with van der Waals surface area (Å²) < 4.78 is 10.3. The van der Waals surface area contributed by atoms with E-state index in [-0.39, 0.29) is 5.76 Å². The average Bonchev–Trinajstić information content (AvgIpc) is 2.86. The number of hydrogen-bond acceptors (Lipinski definition) is 4. The van der Waals surface area contributed by atoms with Gasteiger partial charge in [0.25, 0.3) is 0 Å².